The van der Waals surface area contributed by atoms with Crippen LogP contribution in [0.1, 0.15) is 20.7 Å². The molecule has 1 aliphatic rings. The normalized spacial score (nSPS) is 13.6. The average Bonchev–Trinajstić information content (AvgIpc) is 2.77. The molecule has 29 heavy (non-hydrogen) atoms. The van der Waals surface area contributed by atoms with E-state index in [1.807, 2.05) is 4.90 Å². The number of nitro groups is 1. The highest BCUT2D eigenvalue weighted by atomic mass is 16.6. The lowest BCUT2D eigenvalue weighted by Crippen LogP contribution is -2.36. The summed E-state index contributed by atoms with van der Waals surface area (Å²) in [5, 5.41) is 11.4. The number of hydrogen-bond acceptors (Lipinski definition) is 8. The van der Waals surface area contributed by atoms with E-state index in [9.17, 15) is 19.7 Å². The minimum Gasteiger partial charge on any atom is -0.458 e. The number of anilines is 1. The van der Waals surface area contributed by atoms with Crippen molar-refractivity contribution in [2.24, 2.45) is 0 Å². The zero-order valence-electron chi connectivity index (χ0n) is 15.6. The number of nitro benzene ring substituents is 1. The maximum atomic E-state index is 12.2. The number of benzene rings is 2. The number of nitrogens with zero attached hydrogens (tertiary/aromatic N) is 2. The highest BCUT2D eigenvalue weighted by Crippen LogP contribution is 2.30. The molecule has 0 radical (unpaired) electrons. The summed E-state index contributed by atoms with van der Waals surface area (Å²) in [5.74, 6) is -1.25. The van der Waals surface area contributed by atoms with Crippen molar-refractivity contribution in [1.29, 1.82) is 0 Å². The number of ether oxygens (including phenoxy) is 3. The Hall–Kier alpha value is -3.46. The van der Waals surface area contributed by atoms with Crippen molar-refractivity contribution in [3.63, 3.8) is 0 Å². The molecule has 1 saturated heterocycles. The van der Waals surface area contributed by atoms with Gasteiger partial charge in [0, 0.05) is 19.2 Å². The lowest BCUT2D eigenvalue weighted by atomic mass is 10.1. The zero-order chi connectivity index (χ0) is 20.6. The molecule has 0 aromatic heterocycles. The molecule has 0 spiro atoms. The molecule has 9 heteroatoms. The predicted molar refractivity (Wildman–Crippen MR) is 103 cm³/mol. The molecule has 1 aliphatic heterocycles. The molecule has 0 aliphatic carbocycles. The van der Waals surface area contributed by atoms with Gasteiger partial charge in [-0.15, -0.1) is 0 Å². The van der Waals surface area contributed by atoms with Gasteiger partial charge in [-0.3, -0.25) is 10.1 Å². The number of carbonyl (C=O) groups is 2. The van der Waals surface area contributed by atoms with Gasteiger partial charge in [-0.2, -0.15) is 0 Å². The molecule has 0 bridgehead atoms. The van der Waals surface area contributed by atoms with Crippen LogP contribution in [0, 0.1) is 10.1 Å². The molecular weight excluding hydrogens is 380 g/mol. The Kier molecular flexibility index (Phi) is 6.75. The summed E-state index contributed by atoms with van der Waals surface area (Å²) < 4.78 is 15.4. The monoisotopic (exact) mass is 400 g/mol. The van der Waals surface area contributed by atoms with Crippen LogP contribution in [0.15, 0.2) is 48.5 Å². The summed E-state index contributed by atoms with van der Waals surface area (Å²) >= 11 is 0. The van der Waals surface area contributed by atoms with Gasteiger partial charge in [-0.25, -0.2) is 9.59 Å². The number of rotatable bonds is 7. The second-order valence-corrected chi connectivity index (χ2v) is 6.20. The van der Waals surface area contributed by atoms with Crippen LogP contribution in [0.3, 0.4) is 0 Å². The lowest BCUT2D eigenvalue weighted by molar-refractivity contribution is -0.384. The Bertz CT molecular complexity index is 880. The van der Waals surface area contributed by atoms with Crippen molar-refractivity contribution in [1.82, 2.24) is 0 Å². The van der Waals surface area contributed by atoms with Crippen LogP contribution in [0.5, 0.6) is 0 Å². The first-order valence-corrected chi connectivity index (χ1v) is 9.06. The van der Waals surface area contributed by atoms with Gasteiger partial charge in [0.05, 0.1) is 29.3 Å². The van der Waals surface area contributed by atoms with Gasteiger partial charge in [0.2, 0.25) is 0 Å². The number of carbonyl (C=O) groups excluding carboxylic acids is 2. The number of esters is 2. The molecule has 3 rings (SSSR count). The quantitative estimate of drug-likeness (QED) is 0.302. The van der Waals surface area contributed by atoms with Crippen molar-refractivity contribution >= 4 is 23.3 Å². The van der Waals surface area contributed by atoms with Gasteiger partial charge in [0.25, 0.3) is 5.69 Å². The molecule has 1 fully saturated rings. The smallest absolute Gasteiger partial charge is 0.338 e. The molecular formula is C20H20N2O7. The first kappa shape index (κ1) is 20.3. The average molecular weight is 400 g/mol. The Labute approximate surface area is 166 Å². The van der Waals surface area contributed by atoms with Crippen LogP contribution < -0.4 is 4.90 Å². The van der Waals surface area contributed by atoms with Crippen LogP contribution in [-0.2, 0) is 14.2 Å². The van der Waals surface area contributed by atoms with Gasteiger partial charge in [-0.1, -0.05) is 18.2 Å². The summed E-state index contributed by atoms with van der Waals surface area (Å²) in [6.07, 6.45) is 0. The fraction of sp³-hybridized carbons (Fsp3) is 0.300. The van der Waals surface area contributed by atoms with E-state index in [-0.39, 0.29) is 24.5 Å². The van der Waals surface area contributed by atoms with Crippen molar-refractivity contribution in [2.75, 3.05) is 44.4 Å². The summed E-state index contributed by atoms with van der Waals surface area (Å²) in [5.41, 5.74) is 0.722. The summed E-state index contributed by atoms with van der Waals surface area (Å²) in [6.45, 7) is 1.78. The Morgan fingerprint density at radius 3 is 2.21 bits per heavy atom. The molecule has 0 saturated carbocycles. The maximum Gasteiger partial charge on any atom is 0.338 e. The highest BCUT2D eigenvalue weighted by Gasteiger charge is 2.23. The van der Waals surface area contributed by atoms with Gasteiger partial charge < -0.3 is 19.1 Å². The fourth-order valence-corrected chi connectivity index (χ4v) is 2.88. The van der Waals surface area contributed by atoms with Crippen molar-refractivity contribution < 1.29 is 28.7 Å². The van der Waals surface area contributed by atoms with E-state index in [0.717, 1.165) is 0 Å². The van der Waals surface area contributed by atoms with Gasteiger partial charge in [0.1, 0.15) is 18.9 Å². The van der Waals surface area contributed by atoms with E-state index in [1.54, 1.807) is 30.3 Å². The molecule has 0 atom stereocenters. The SMILES string of the molecule is O=C(OCCOC(=O)c1ccc(N2CCOCC2)c([N+](=O)[O-])c1)c1ccccc1. The second-order valence-electron chi connectivity index (χ2n) is 6.20. The summed E-state index contributed by atoms with van der Waals surface area (Å²) in [4.78, 5) is 36.8. The lowest BCUT2D eigenvalue weighted by Gasteiger charge is -2.28. The molecule has 2 aromatic rings. The van der Waals surface area contributed by atoms with E-state index in [1.165, 1.54) is 18.2 Å². The third-order valence-electron chi connectivity index (χ3n) is 4.32. The van der Waals surface area contributed by atoms with Crippen LogP contribution in [0.2, 0.25) is 0 Å². The standard InChI is InChI=1S/C20H20N2O7/c23-19(15-4-2-1-3-5-15)28-12-13-29-20(24)16-6-7-17(18(14-16)22(25)26)21-8-10-27-11-9-21/h1-7,14H,8-13H2. The first-order chi connectivity index (χ1) is 14.1. The topological polar surface area (TPSA) is 108 Å². The Morgan fingerprint density at radius 2 is 1.59 bits per heavy atom. The van der Waals surface area contributed by atoms with Gasteiger partial charge in [-0.05, 0) is 24.3 Å². The van der Waals surface area contributed by atoms with Crippen LogP contribution >= 0.6 is 0 Å². The third kappa shape index (κ3) is 5.29. The van der Waals surface area contributed by atoms with Crippen molar-refractivity contribution in [3.8, 4) is 0 Å². The molecule has 1 heterocycles. The Morgan fingerprint density at radius 1 is 0.966 bits per heavy atom. The van der Waals surface area contributed by atoms with E-state index < -0.39 is 16.9 Å². The van der Waals surface area contributed by atoms with Crippen molar-refractivity contribution in [3.05, 3.63) is 69.8 Å². The number of morpholine rings is 1. The van der Waals surface area contributed by atoms with E-state index in [4.69, 9.17) is 14.2 Å². The highest BCUT2D eigenvalue weighted by molar-refractivity contribution is 5.91. The zero-order valence-corrected chi connectivity index (χ0v) is 15.6. The fourth-order valence-electron chi connectivity index (χ4n) is 2.88. The van der Waals surface area contributed by atoms with Crippen molar-refractivity contribution in [2.45, 2.75) is 0 Å². The molecule has 2 aromatic carbocycles. The number of hydrogen-bond donors (Lipinski definition) is 0. The van der Waals surface area contributed by atoms with Crippen LogP contribution in [0.25, 0.3) is 0 Å². The third-order valence-corrected chi connectivity index (χ3v) is 4.32. The Balaban J connectivity index is 1.57. The minimum atomic E-state index is -0.725. The summed E-state index contributed by atoms with van der Waals surface area (Å²) in [7, 11) is 0. The molecule has 9 nitrogen and oxygen atoms in total. The van der Waals surface area contributed by atoms with Crippen LogP contribution in [-0.4, -0.2) is 56.4 Å². The van der Waals surface area contributed by atoms with E-state index >= 15 is 0 Å². The maximum absolute atomic E-state index is 12.2. The molecule has 0 amide bonds. The first-order valence-electron chi connectivity index (χ1n) is 9.06. The largest absolute Gasteiger partial charge is 0.458 e. The molecule has 0 N–H and O–H groups in total. The minimum absolute atomic E-state index is 0.0584. The predicted octanol–water partition coefficient (Wildman–Crippen LogP) is 2.45. The van der Waals surface area contributed by atoms with Gasteiger partial charge in [0.15, 0.2) is 0 Å². The van der Waals surface area contributed by atoms with E-state index in [0.29, 0.717) is 37.6 Å². The summed E-state index contributed by atoms with van der Waals surface area (Å²) in [6, 6.07) is 12.7. The van der Waals surface area contributed by atoms with Crippen LogP contribution in [0.4, 0.5) is 11.4 Å². The molecule has 0 unspecified atom stereocenters. The van der Waals surface area contributed by atoms with E-state index in [2.05, 4.69) is 0 Å². The molecule has 152 valence electrons. The van der Waals surface area contributed by atoms with Gasteiger partial charge >= 0.3 is 11.9 Å². The second kappa shape index (κ2) is 9.65.